The Labute approximate surface area is 54.3 Å². The van der Waals surface area contributed by atoms with Gasteiger partial charge in [0, 0.05) is 0 Å². The van der Waals surface area contributed by atoms with Crippen molar-refractivity contribution in [1.82, 2.24) is 5.32 Å². The highest BCUT2D eigenvalue weighted by Gasteiger charge is 2.33. The third kappa shape index (κ3) is 0.762. The van der Waals surface area contributed by atoms with E-state index in [1.807, 2.05) is 0 Å². The average Bonchev–Trinajstić information content (AvgIpc) is 1.83. The number of hydrogen-bond donors (Lipinski definition) is 1. The molecule has 1 N–H and O–H groups in total. The van der Waals surface area contributed by atoms with Crippen LogP contribution in [0.25, 0.3) is 0 Å². The van der Waals surface area contributed by atoms with Gasteiger partial charge in [-0.15, -0.1) is 13.2 Å². The summed E-state index contributed by atoms with van der Waals surface area (Å²) >= 11 is 0. The topological polar surface area (TPSA) is 29.1 Å². The molecule has 48 valence electrons. The third-order valence-electron chi connectivity index (χ3n) is 1.51. The number of β-lactam (4-membered cyclic amide) rings is 1. The number of amides is 1. The van der Waals surface area contributed by atoms with Crippen LogP contribution in [0.2, 0.25) is 0 Å². The van der Waals surface area contributed by atoms with E-state index >= 15 is 0 Å². The Morgan fingerprint density at radius 1 is 1.44 bits per heavy atom. The van der Waals surface area contributed by atoms with E-state index in [4.69, 9.17) is 0 Å². The molecule has 1 aliphatic heterocycles. The van der Waals surface area contributed by atoms with E-state index in [9.17, 15) is 4.79 Å². The molecule has 0 radical (unpaired) electrons. The van der Waals surface area contributed by atoms with Gasteiger partial charge in [-0.05, 0) is 0 Å². The first-order valence-electron chi connectivity index (χ1n) is 2.85. The van der Waals surface area contributed by atoms with E-state index in [2.05, 4.69) is 18.5 Å². The molecule has 1 aliphatic rings. The van der Waals surface area contributed by atoms with Crippen molar-refractivity contribution in [2.75, 3.05) is 0 Å². The second-order valence-corrected chi connectivity index (χ2v) is 2.03. The zero-order valence-electron chi connectivity index (χ0n) is 5.13. The van der Waals surface area contributed by atoms with Gasteiger partial charge in [-0.25, -0.2) is 0 Å². The zero-order valence-corrected chi connectivity index (χ0v) is 5.13. The highest BCUT2D eigenvalue weighted by atomic mass is 16.2. The van der Waals surface area contributed by atoms with E-state index in [-0.39, 0.29) is 17.9 Å². The average molecular weight is 123 g/mol. The van der Waals surface area contributed by atoms with Gasteiger partial charge in [-0.1, -0.05) is 12.2 Å². The number of carbonyl (C=O) groups excluding carboxylic acids is 1. The Hall–Kier alpha value is -1.05. The predicted molar refractivity (Wildman–Crippen MR) is 35.8 cm³/mol. The van der Waals surface area contributed by atoms with E-state index in [0.29, 0.717) is 0 Å². The van der Waals surface area contributed by atoms with Crippen molar-refractivity contribution in [3.8, 4) is 0 Å². The van der Waals surface area contributed by atoms with E-state index < -0.39 is 0 Å². The fourth-order valence-electron chi connectivity index (χ4n) is 0.876. The van der Waals surface area contributed by atoms with E-state index in [0.717, 1.165) is 0 Å². The summed E-state index contributed by atoms with van der Waals surface area (Å²) in [5, 5.41) is 2.67. The van der Waals surface area contributed by atoms with Gasteiger partial charge in [0.05, 0.1) is 12.0 Å². The fraction of sp³-hybridized carbons (Fsp3) is 0.286. The van der Waals surface area contributed by atoms with Crippen LogP contribution in [-0.2, 0) is 4.79 Å². The summed E-state index contributed by atoms with van der Waals surface area (Å²) in [4.78, 5) is 10.6. The van der Waals surface area contributed by atoms with Crippen LogP contribution in [-0.4, -0.2) is 11.9 Å². The maximum Gasteiger partial charge on any atom is 0.229 e. The molecule has 9 heavy (non-hydrogen) atoms. The summed E-state index contributed by atoms with van der Waals surface area (Å²) < 4.78 is 0. The first kappa shape index (κ1) is 6.08. The lowest BCUT2D eigenvalue weighted by atomic mass is 9.91. The highest BCUT2D eigenvalue weighted by Crippen LogP contribution is 2.15. The predicted octanol–water partition coefficient (Wildman–Crippen LogP) is 0.473. The minimum absolute atomic E-state index is 0.0394. The Morgan fingerprint density at radius 2 is 2.11 bits per heavy atom. The molecule has 2 nitrogen and oxygen atoms in total. The summed E-state index contributed by atoms with van der Waals surface area (Å²) in [7, 11) is 0. The molecular formula is C7H9NO. The van der Waals surface area contributed by atoms with Gasteiger partial charge < -0.3 is 5.32 Å². The third-order valence-corrected chi connectivity index (χ3v) is 1.51. The summed E-state index contributed by atoms with van der Waals surface area (Å²) in [5.41, 5.74) is 0. The number of hydrogen-bond acceptors (Lipinski definition) is 1. The van der Waals surface area contributed by atoms with Crippen LogP contribution in [0.1, 0.15) is 0 Å². The molecule has 0 aliphatic carbocycles. The van der Waals surface area contributed by atoms with Crippen LogP contribution >= 0.6 is 0 Å². The van der Waals surface area contributed by atoms with Crippen LogP contribution in [0.3, 0.4) is 0 Å². The Bertz CT molecular complexity index is 162. The molecule has 0 saturated carbocycles. The van der Waals surface area contributed by atoms with Crippen molar-refractivity contribution in [2.24, 2.45) is 5.92 Å². The largest absolute Gasteiger partial charge is 0.348 e. The van der Waals surface area contributed by atoms with Crippen LogP contribution < -0.4 is 5.32 Å². The maximum absolute atomic E-state index is 10.6. The molecule has 0 aromatic heterocycles. The van der Waals surface area contributed by atoms with Crippen molar-refractivity contribution in [3.05, 3.63) is 25.3 Å². The Balaban J connectivity index is 2.56. The molecule has 1 rings (SSSR count). The van der Waals surface area contributed by atoms with Crippen molar-refractivity contribution < 1.29 is 4.79 Å². The maximum atomic E-state index is 10.6. The van der Waals surface area contributed by atoms with Gasteiger partial charge in [-0.3, -0.25) is 4.79 Å². The van der Waals surface area contributed by atoms with Crippen LogP contribution in [0.4, 0.5) is 0 Å². The monoisotopic (exact) mass is 123 g/mol. The second kappa shape index (κ2) is 2.05. The van der Waals surface area contributed by atoms with Gasteiger partial charge in [0.25, 0.3) is 0 Å². The second-order valence-electron chi connectivity index (χ2n) is 2.03. The highest BCUT2D eigenvalue weighted by molar-refractivity contribution is 5.88. The van der Waals surface area contributed by atoms with Crippen molar-refractivity contribution in [1.29, 1.82) is 0 Å². The van der Waals surface area contributed by atoms with Crippen molar-refractivity contribution in [2.45, 2.75) is 6.04 Å². The molecule has 0 unspecified atom stereocenters. The summed E-state index contributed by atoms with van der Waals surface area (Å²) in [6.07, 6.45) is 3.36. The molecule has 0 aromatic carbocycles. The van der Waals surface area contributed by atoms with Crippen LogP contribution in [0.5, 0.6) is 0 Å². The molecule has 2 heteroatoms. The standard InChI is InChI=1S/C7H9NO/c1-3-5-6(4-2)8-7(5)9/h3-6H,1-2H2,(H,8,9)/t5-,6+/m1/s1. The zero-order chi connectivity index (χ0) is 6.85. The normalized spacial score (nSPS) is 32.2. The Kier molecular flexibility index (Phi) is 1.39. The van der Waals surface area contributed by atoms with Gasteiger partial charge in [0.1, 0.15) is 0 Å². The quantitative estimate of drug-likeness (QED) is 0.420. The molecule has 0 bridgehead atoms. The van der Waals surface area contributed by atoms with Crippen molar-refractivity contribution in [3.63, 3.8) is 0 Å². The first-order chi connectivity index (χ1) is 4.29. The molecule has 1 amide bonds. The first-order valence-corrected chi connectivity index (χ1v) is 2.85. The Morgan fingerprint density at radius 3 is 2.33 bits per heavy atom. The molecule has 0 spiro atoms. The summed E-state index contributed by atoms with van der Waals surface area (Å²) in [6.45, 7) is 7.08. The van der Waals surface area contributed by atoms with Gasteiger partial charge in [0.2, 0.25) is 5.91 Å². The van der Waals surface area contributed by atoms with Gasteiger partial charge in [-0.2, -0.15) is 0 Å². The van der Waals surface area contributed by atoms with Crippen molar-refractivity contribution >= 4 is 5.91 Å². The minimum atomic E-state index is -0.0394. The summed E-state index contributed by atoms with van der Waals surface area (Å²) in [6, 6.07) is 0.120. The van der Waals surface area contributed by atoms with E-state index in [1.54, 1.807) is 12.2 Å². The number of carbonyl (C=O) groups is 1. The minimum Gasteiger partial charge on any atom is -0.348 e. The lowest BCUT2D eigenvalue weighted by Crippen LogP contribution is -2.55. The molecule has 0 aromatic rings. The lowest BCUT2D eigenvalue weighted by molar-refractivity contribution is -0.131. The van der Waals surface area contributed by atoms with Crippen LogP contribution in [0.15, 0.2) is 25.3 Å². The molecular weight excluding hydrogens is 114 g/mol. The van der Waals surface area contributed by atoms with Gasteiger partial charge >= 0.3 is 0 Å². The fourth-order valence-corrected chi connectivity index (χ4v) is 0.876. The van der Waals surface area contributed by atoms with Crippen LogP contribution in [0, 0.1) is 5.92 Å². The molecule has 2 atom stereocenters. The number of nitrogens with one attached hydrogen (secondary N) is 1. The molecule has 1 saturated heterocycles. The lowest BCUT2D eigenvalue weighted by Gasteiger charge is -2.31. The SMILES string of the molecule is C=C[C@@H]1NC(=O)[C@@H]1C=C. The van der Waals surface area contributed by atoms with E-state index in [1.165, 1.54) is 0 Å². The number of rotatable bonds is 2. The molecule has 1 fully saturated rings. The molecule has 1 heterocycles. The summed E-state index contributed by atoms with van der Waals surface area (Å²) in [5.74, 6) is 0.0115. The van der Waals surface area contributed by atoms with Gasteiger partial charge in [0.15, 0.2) is 0 Å². The smallest absolute Gasteiger partial charge is 0.229 e.